The van der Waals surface area contributed by atoms with Gasteiger partial charge in [-0.1, -0.05) is 0 Å². The van der Waals surface area contributed by atoms with Crippen molar-refractivity contribution < 1.29 is 17.9 Å². The summed E-state index contributed by atoms with van der Waals surface area (Å²) < 4.78 is 27.7. The zero-order chi connectivity index (χ0) is 13.6. The second kappa shape index (κ2) is 7.06. The van der Waals surface area contributed by atoms with E-state index in [0.29, 0.717) is 45.4 Å². The van der Waals surface area contributed by atoms with Crippen LogP contribution >= 0.6 is 0 Å². The number of ether oxygens (including phenoxy) is 1. The van der Waals surface area contributed by atoms with Crippen molar-refractivity contribution in [3.8, 4) is 0 Å². The summed E-state index contributed by atoms with van der Waals surface area (Å²) in [5.41, 5.74) is 0. The zero-order valence-electron chi connectivity index (χ0n) is 10.8. The molecule has 1 aliphatic heterocycles. The van der Waals surface area contributed by atoms with Crippen LogP contribution in [0.5, 0.6) is 0 Å². The third kappa shape index (κ3) is 4.91. The molecular formula is C11H22N2O4S. The highest BCUT2D eigenvalue weighted by Crippen LogP contribution is 2.16. The largest absolute Gasteiger partial charge is 0.382 e. The van der Waals surface area contributed by atoms with Crippen molar-refractivity contribution >= 4 is 15.9 Å². The summed E-state index contributed by atoms with van der Waals surface area (Å²) in [5, 5.41) is 4.52. The minimum absolute atomic E-state index is 0.0111. The lowest BCUT2D eigenvalue weighted by Gasteiger charge is -2.31. The van der Waals surface area contributed by atoms with Gasteiger partial charge in [0.25, 0.3) is 0 Å². The first-order valence-electron chi connectivity index (χ1n) is 6.32. The van der Waals surface area contributed by atoms with E-state index in [4.69, 9.17) is 9.88 Å². The Morgan fingerprint density at radius 1 is 1.50 bits per heavy atom. The molecule has 6 nitrogen and oxygen atoms in total. The quantitative estimate of drug-likeness (QED) is 0.697. The lowest BCUT2D eigenvalue weighted by Crippen LogP contribution is -2.47. The van der Waals surface area contributed by atoms with Gasteiger partial charge in [0.2, 0.25) is 15.9 Å². The Morgan fingerprint density at radius 3 is 2.83 bits per heavy atom. The molecule has 1 atom stereocenters. The van der Waals surface area contributed by atoms with E-state index in [9.17, 15) is 13.2 Å². The summed E-state index contributed by atoms with van der Waals surface area (Å²) in [7, 11) is -3.54. The predicted octanol–water partition coefficient (Wildman–Crippen LogP) is 0.0826. The van der Waals surface area contributed by atoms with E-state index < -0.39 is 15.3 Å². The van der Waals surface area contributed by atoms with Crippen LogP contribution in [0.3, 0.4) is 0 Å². The van der Waals surface area contributed by atoms with E-state index in [0.717, 1.165) is 0 Å². The van der Waals surface area contributed by atoms with Crippen LogP contribution in [0.15, 0.2) is 0 Å². The highest BCUT2D eigenvalue weighted by molar-refractivity contribution is 7.89. The van der Waals surface area contributed by atoms with Crippen LogP contribution in [0.4, 0.5) is 0 Å². The number of nitrogens with zero attached hydrogens (tertiary/aromatic N) is 1. The molecular weight excluding hydrogens is 256 g/mol. The van der Waals surface area contributed by atoms with Gasteiger partial charge in [-0.2, -0.15) is 0 Å². The first-order valence-corrected chi connectivity index (χ1v) is 7.93. The molecule has 7 heteroatoms. The molecule has 0 aliphatic carbocycles. The summed E-state index contributed by atoms with van der Waals surface area (Å²) in [5.74, 6) is -0.0111. The molecule has 2 N–H and O–H groups in total. The van der Waals surface area contributed by atoms with Crippen LogP contribution < -0.4 is 5.14 Å². The first kappa shape index (κ1) is 15.4. The average molecular weight is 278 g/mol. The number of piperidine rings is 1. The van der Waals surface area contributed by atoms with E-state index in [1.807, 2.05) is 6.92 Å². The zero-order valence-corrected chi connectivity index (χ0v) is 11.6. The fraction of sp³-hybridized carbons (Fsp3) is 0.909. The minimum Gasteiger partial charge on any atom is -0.382 e. The number of sulfonamides is 1. The molecule has 106 valence electrons. The number of likely N-dealkylation sites (tertiary alicyclic amines) is 1. The van der Waals surface area contributed by atoms with Crippen LogP contribution in [-0.4, -0.2) is 50.8 Å². The molecule has 1 amide bonds. The maximum Gasteiger partial charge on any atom is 0.222 e. The molecule has 0 bridgehead atoms. The fourth-order valence-corrected chi connectivity index (χ4v) is 2.94. The van der Waals surface area contributed by atoms with Gasteiger partial charge in [0.15, 0.2) is 0 Å². The summed E-state index contributed by atoms with van der Waals surface area (Å²) in [6.45, 7) is 3.97. The van der Waals surface area contributed by atoms with Gasteiger partial charge in [0.05, 0.1) is 5.25 Å². The number of carbonyl (C=O) groups is 1. The second-order valence-corrected chi connectivity index (χ2v) is 6.34. The summed E-state index contributed by atoms with van der Waals surface area (Å²) >= 11 is 0. The standard InChI is InChI=1S/C11H22N2O4S/c1-2-17-8-4-6-11(14)13-7-3-5-10(9-13)18(12,15)16/h10H,2-9H2,1H3,(H2,12,15,16). The summed E-state index contributed by atoms with van der Waals surface area (Å²) in [6, 6.07) is 0. The molecule has 18 heavy (non-hydrogen) atoms. The highest BCUT2D eigenvalue weighted by atomic mass is 32.2. The van der Waals surface area contributed by atoms with Gasteiger partial charge in [-0.05, 0) is 26.2 Å². The van der Waals surface area contributed by atoms with Crippen molar-refractivity contribution in [2.24, 2.45) is 5.14 Å². The predicted molar refractivity (Wildman–Crippen MR) is 68.4 cm³/mol. The lowest BCUT2D eigenvalue weighted by molar-refractivity contribution is -0.132. The molecule has 1 unspecified atom stereocenters. The van der Waals surface area contributed by atoms with Crippen molar-refractivity contribution in [2.75, 3.05) is 26.3 Å². The second-order valence-electron chi connectivity index (χ2n) is 4.49. The topological polar surface area (TPSA) is 89.7 Å². The van der Waals surface area contributed by atoms with Crippen molar-refractivity contribution in [3.05, 3.63) is 0 Å². The lowest BCUT2D eigenvalue weighted by atomic mass is 10.1. The normalized spacial score (nSPS) is 21.0. The van der Waals surface area contributed by atoms with E-state index in [-0.39, 0.29) is 12.5 Å². The van der Waals surface area contributed by atoms with Crippen molar-refractivity contribution in [1.82, 2.24) is 4.90 Å². The van der Waals surface area contributed by atoms with Crippen LogP contribution in [0.1, 0.15) is 32.6 Å². The fourth-order valence-electron chi connectivity index (χ4n) is 2.06. The molecule has 1 saturated heterocycles. The molecule has 1 heterocycles. The molecule has 0 spiro atoms. The maximum absolute atomic E-state index is 11.9. The van der Waals surface area contributed by atoms with Crippen LogP contribution in [0.2, 0.25) is 0 Å². The van der Waals surface area contributed by atoms with Gasteiger partial charge in [-0.25, -0.2) is 13.6 Å². The third-order valence-electron chi connectivity index (χ3n) is 3.08. The minimum atomic E-state index is -3.54. The van der Waals surface area contributed by atoms with E-state index in [2.05, 4.69) is 0 Å². The van der Waals surface area contributed by atoms with Crippen molar-refractivity contribution in [2.45, 2.75) is 37.9 Å². The molecule has 1 aliphatic rings. The number of nitrogens with two attached hydrogens (primary N) is 1. The highest BCUT2D eigenvalue weighted by Gasteiger charge is 2.29. The van der Waals surface area contributed by atoms with Gasteiger partial charge in [-0.15, -0.1) is 0 Å². The smallest absolute Gasteiger partial charge is 0.222 e. The molecule has 0 aromatic heterocycles. The van der Waals surface area contributed by atoms with Gasteiger partial charge < -0.3 is 9.64 Å². The number of hydrogen-bond acceptors (Lipinski definition) is 4. The van der Waals surface area contributed by atoms with Crippen LogP contribution in [0.25, 0.3) is 0 Å². The Bertz CT molecular complexity index is 369. The van der Waals surface area contributed by atoms with Gasteiger partial charge in [0, 0.05) is 32.7 Å². The Balaban J connectivity index is 2.39. The Kier molecular flexibility index (Phi) is 6.04. The van der Waals surface area contributed by atoms with E-state index in [1.54, 1.807) is 4.90 Å². The van der Waals surface area contributed by atoms with E-state index in [1.165, 1.54) is 0 Å². The molecule has 1 rings (SSSR count). The van der Waals surface area contributed by atoms with Gasteiger partial charge >= 0.3 is 0 Å². The number of carbonyl (C=O) groups excluding carboxylic acids is 1. The summed E-state index contributed by atoms with van der Waals surface area (Å²) in [6.07, 6.45) is 2.31. The average Bonchev–Trinajstić information content (AvgIpc) is 2.33. The van der Waals surface area contributed by atoms with Gasteiger partial charge in [0.1, 0.15) is 0 Å². The molecule has 0 radical (unpaired) electrons. The monoisotopic (exact) mass is 278 g/mol. The number of primary sulfonamides is 1. The SMILES string of the molecule is CCOCCCC(=O)N1CCCC(S(N)(=O)=O)C1. The molecule has 0 aromatic rings. The van der Waals surface area contributed by atoms with Gasteiger partial charge in [-0.3, -0.25) is 4.79 Å². The molecule has 0 aromatic carbocycles. The maximum atomic E-state index is 11.9. The van der Waals surface area contributed by atoms with E-state index >= 15 is 0 Å². The van der Waals surface area contributed by atoms with Crippen LogP contribution in [0, 0.1) is 0 Å². The Labute approximate surface area is 109 Å². The Hall–Kier alpha value is -0.660. The number of rotatable bonds is 6. The van der Waals surface area contributed by atoms with Crippen molar-refractivity contribution in [1.29, 1.82) is 0 Å². The first-order chi connectivity index (χ1) is 8.45. The number of amides is 1. The molecule has 0 saturated carbocycles. The summed E-state index contributed by atoms with van der Waals surface area (Å²) in [4.78, 5) is 13.5. The van der Waals surface area contributed by atoms with Crippen LogP contribution in [-0.2, 0) is 19.6 Å². The molecule has 1 fully saturated rings. The number of hydrogen-bond donors (Lipinski definition) is 1. The third-order valence-corrected chi connectivity index (χ3v) is 4.39. The van der Waals surface area contributed by atoms with Crippen molar-refractivity contribution in [3.63, 3.8) is 0 Å². The Morgan fingerprint density at radius 2 is 2.22 bits per heavy atom.